The molecule has 20 heavy (non-hydrogen) atoms. The predicted molar refractivity (Wildman–Crippen MR) is 76.6 cm³/mol. The minimum Gasteiger partial charge on any atom is -0.271 e. The first-order valence-electron chi connectivity index (χ1n) is 5.87. The van der Waals surface area contributed by atoms with E-state index in [0.717, 1.165) is 0 Å². The van der Waals surface area contributed by atoms with Gasteiger partial charge >= 0.3 is 0 Å². The lowest BCUT2D eigenvalue weighted by molar-refractivity contribution is 0.525. The van der Waals surface area contributed by atoms with Crippen molar-refractivity contribution in [3.63, 3.8) is 0 Å². The highest BCUT2D eigenvalue weighted by molar-refractivity contribution is 6.31. The van der Waals surface area contributed by atoms with Crippen molar-refractivity contribution in [1.82, 2.24) is 5.43 Å². The van der Waals surface area contributed by atoms with Gasteiger partial charge in [0, 0.05) is 15.6 Å². The Kier molecular flexibility index (Phi) is 4.94. The zero-order chi connectivity index (χ0) is 14.7. The third-order valence-corrected chi connectivity index (χ3v) is 3.70. The van der Waals surface area contributed by atoms with Gasteiger partial charge in [-0.25, -0.2) is 8.78 Å². The Morgan fingerprint density at radius 2 is 1.85 bits per heavy atom. The fraction of sp³-hybridized carbons (Fsp3) is 0.143. The molecule has 0 heterocycles. The van der Waals surface area contributed by atoms with Crippen molar-refractivity contribution in [3.8, 4) is 0 Å². The van der Waals surface area contributed by atoms with Crippen LogP contribution in [0.2, 0.25) is 10.0 Å². The van der Waals surface area contributed by atoms with Crippen LogP contribution in [-0.4, -0.2) is 0 Å². The van der Waals surface area contributed by atoms with Gasteiger partial charge < -0.3 is 0 Å². The van der Waals surface area contributed by atoms with E-state index in [9.17, 15) is 8.78 Å². The Morgan fingerprint density at radius 3 is 2.50 bits per heavy atom. The summed E-state index contributed by atoms with van der Waals surface area (Å²) >= 11 is 12.0. The molecule has 0 saturated heterocycles. The van der Waals surface area contributed by atoms with E-state index in [1.165, 1.54) is 30.3 Å². The molecular weight excluding hydrogens is 305 g/mol. The van der Waals surface area contributed by atoms with Crippen molar-refractivity contribution in [2.45, 2.75) is 12.5 Å². The number of nitrogens with one attached hydrogen (secondary N) is 1. The van der Waals surface area contributed by atoms with Crippen LogP contribution in [0.25, 0.3) is 0 Å². The van der Waals surface area contributed by atoms with Gasteiger partial charge in [0.05, 0.1) is 6.04 Å². The average Bonchev–Trinajstić information content (AvgIpc) is 2.42. The fourth-order valence-corrected chi connectivity index (χ4v) is 2.46. The van der Waals surface area contributed by atoms with Crippen LogP contribution < -0.4 is 11.3 Å². The summed E-state index contributed by atoms with van der Waals surface area (Å²) in [6.45, 7) is 0. The standard InChI is InChI=1S/C14H12Cl2F2N2/c15-11-2-1-3-13(18)9(11)7-14(20-19)10-6-8(17)4-5-12(10)16/h1-6,14,20H,7,19H2. The van der Waals surface area contributed by atoms with E-state index in [4.69, 9.17) is 29.0 Å². The minimum absolute atomic E-state index is 0.158. The average molecular weight is 317 g/mol. The third kappa shape index (κ3) is 3.27. The summed E-state index contributed by atoms with van der Waals surface area (Å²) in [5, 5.41) is 0.639. The molecule has 2 nitrogen and oxygen atoms in total. The van der Waals surface area contributed by atoms with E-state index in [1.807, 2.05) is 0 Å². The first-order chi connectivity index (χ1) is 9.52. The fourth-order valence-electron chi connectivity index (χ4n) is 1.97. The van der Waals surface area contributed by atoms with Gasteiger partial charge in [-0.05, 0) is 42.3 Å². The van der Waals surface area contributed by atoms with Crippen molar-refractivity contribution in [1.29, 1.82) is 0 Å². The summed E-state index contributed by atoms with van der Waals surface area (Å²) in [4.78, 5) is 0. The molecule has 0 aliphatic carbocycles. The van der Waals surface area contributed by atoms with Gasteiger partial charge in [0.2, 0.25) is 0 Å². The van der Waals surface area contributed by atoms with E-state index < -0.39 is 17.7 Å². The van der Waals surface area contributed by atoms with Crippen molar-refractivity contribution in [2.75, 3.05) is 0 Å². The molecule has 2 aromatic carbocycles. The van der Waals surface area contributed by atoms with Gasteiger partial charge in [0.25, 0.3) is 0 Å². The molecule has 1 unspecified atom stereocenters. The van der Waals surface area contributed by atoms with Gasteiger partial charge in [-0.3, -0.25) is 11.3 Å². The lowest BCUT2D eigenvalue weighted by Crippen LogP contribution is -2.30. The first kappa shape index (κ1) is 15.2. The van der Waals surface area contributed by atoms with Gasteiger partial charge in [0.1, 0.15) is 11.6 Å². The van der Waals surface area contributed by atoms with Crippen molar-refractivity contribution >= 4 is 23.2 Å². The summed E-state index contributed by atoms with van der Waals surface area (Å²) < 4.78 is 27.1. The van der Waals surface area contributed by atoms with Gasteiger partial charge in [0.15, 0.2) is 0 Å². The highest BCUT2D eigenvalue weighted by atomic mass is 35.5. The number of hydrogen-bond acceptors (Lipinski definition) is 2. The van der Waals surface area contributed by atoms with Gasteiger partial charge in [-0.2, -0.15) is 0 Å². The highest BCUT2D eigenvalue weighted by Crippen LogP contribution is 2.29. The number of hydrazine groups is 1. The molecule has 0 spiro atoms. The zero-order valence-corrected chi connectivity index (χ0v) is 11.8. The largest absolute Gasteiger partial charge is 0.271 e. The minimum atomic E-state index is -0.549. The van der Waals surface area contributed by atoms with Gasteiger partial charge in [-0.15, -0.1) is 0 Å². The molecule has 0 bridgehead atoms. The van der Waals surface area contributed by atoms with Crippen LogP contribution >= 0.6 is 23.2 Å². The molecule has 0 saturated carbocycles. The van der Waals surface area contributed by atoms with E-state index in [1.54, 1.807) is 6.07 Å². The normalized spacial score (nSPS) is 12.4. The van der Waals surface area contributed by atoms with Crippen LogP contribution in [0.4, 0.5) is 8.78 Å². The molecule has 0 aliphatic heterocycles. The van der Waals surface area contributed by atoms with Crippen molar-refractivity contribution in [3.05, 3.63) is 69.2 Å². The Balaban J connectivity index is 2.36. The van der Waals surface area contributed by atoms with Crippen LogP contribution in [-0.2, 0) is 6.42 Å². The number of halogens is 4. The van der Waals surface area contributed by atoms with Crippen LogP contribution in [0.3, 0.4) is 0 Å². The summed E-state index contributed by atoms with van der Waals surface area (Å²) in [5.74, 6) is 4.60. The maximum absolute atomic E-state index is 13.8. The molecule has 0 amide bonds. The maximum atomic E-state index is 13.8. The second-order valence-corrected chi connectivity index (χ2v) is 5.10. The SMILES string of the molecule is NNC(Cc1c(F)cccc1Cl)c1cc(F)ccc1Cl. The number of nitrogens with two attached hydrogens (primary N) is 1. The molecule has 106 valence electrons. The molecule has 0 aliphatic rings. The number of hydrogen-bond donors (Lipinski definition) is 2. The zero-order valence-electron chi connectivity index (χ0n) is 10.3. The van der Waals surface area contributed by atoms with E-state index in [2.05, 4.69) is 5.43 Å². The van der Waals surface area contributed by atoms with Gasteiger partial charge in [-0.1, -0.05) is 29.3 Å². The predicted octanol–water partition coefficient (Wildman–Crippen LogP) is 4.02. The Morgan fingerprint density at radius 1 is 1.10 bits per heavy atom. The molecular formula is C14H12Cl2F2N2. The lowest BCUT2D eigenvalue weighted by atomic mass is 9.99. The Bertz CT molecular complexity index is 600. The molecule has 0 radical (unpaired) electrons. The molecule has 6 heteroatoms. The first-order valence-corrected chi connectivity index (χ1v) is 6.62. The maximum Gasteiger partial charge on any atom is 0.127 e. The van der Waals surface area contributed by atoms with Crippen LogP contribution in [0, 0.1) is 11.6 Å². The quantitative estimate of drug-likeness (QED) is 0.660. The van der Waals surface area contributed by atoms with Crippen LogP contribution in [0.5, 0.6) is 0 Å². The van der Waals surface area contributed by atoms with Crippen molar-refractivity contribution in [2.24, 2.45) is 5.84 Å². The molecule has 3 N–H and O–H groups in total. The summed E-state index contributed by atoms with van der Waals surface area (Å²) in [6.07, 6.45) is 0.158. The third-order valence-electron chi connectivity index (χ3n) is 3.00. The highest BCUT2D eigenvalue weighted by Gasteiger charge is 2.18. The topological polar surface area (TPSA) is 38.0 Å². The van der Waals surface area contributed by atoms with Crippen molar-refractivity contribution < 1.29 is 8.78 Å². The number of rotatable bonds is 4. The molecule has 2 rings (SSSR count). The molecule has 0 aromatic heterocycles. The second-order valence-electron chi connectivity index (χ2n) is 4.29. The number of benzene rings is 2. The molecule has 2 aromatic rings. The van der Waals surface area contributed by atoms with Crippen LogP contribution in [0.1, 0.15) is 17.2 Å². The Hall–Kier alpha value is -1.20. The van der Waals surface area contributed by atoms with E-state index in [0.29, 0.717) is 16.1 Å². The summed E-state index contributed by atoms with van der Waals surface area (Å²) in [7, 11) is 0. The molecule has 1 atom stereocenters. The lowest BCUT2D eigenvalue weighted by Gasteiger charge is -2.19. The smallest absolute Gasteiger partial charge is 0.127 e. The molecule has 0 fully saturated rings. The second kappa shape index (κ2) is 6.50. The monoisotopic (exact) mass is 316 g/mol. The van der Waals surface area contributed by atoms with E-state index >= 15 is 0 Å². The Labute approximate surface area is 125 Å². The van der Waals surface area contributed by atoms with Crippen LogP contribution in [0.15, 0.2) is 36.4 Å². The summed E-state index contributed by atoms with van der Waals surface area (Å²) in [6, 6.07) is 7.80. The van der Waals surface area contributed by atoms with E-state index in [-0.39, 0.29) is 11.4 Å². The summed E-state index contributed by atoms with van der Waals surface area (Å²) in [5.41, 5.74) is 3.27.